The van der Waals surface area contributed by atoms with E-state index in [1.165, 1.54) is 37.7 Å². The summed E-state index contributed by atoms with van der Waals surface area (Å²) in [7, 11) is 0. The fourth-order valence-corrected chi connectivity index (χ4v) is 2.31. The Morgan fingerprint density at radius 1 is 1.36 bits per heavy atom. The Kier molecular flexibility index (Phi) is 3.19. The highest BCUT2D eigenvalue weighted by Crippen LogP contribution is 2.34. The Hall–Kier alpha value is -0.830. The van der Waals surface area contributed by atoms with Crippen LogP contribution in [0, 0.1) is 0 Å². The molecular formula is C11H18N2O. The van der Waals surface area contributed by atoms with E-state index in [-0.39, 0.29) is 0 Å². The molecule has 0 radical (unpaired) electrons. The van der Waals surface area contributed by atoms with Crippen LogP contribution in [0.5, 0.6) is 0 Å². The zero-order valence-corrected chi connectivity index (χ0v) is 8.54. The second-order valence-corrected chi connectivity index (χ2v) is 4.09. The van der Waals surface area contributed by atoms with Gasteiger partial charge in [0.25, 0.3) is 0 Å². The Morgan fingerprint density at radius 2 is 2.14 bits per heavy atom. The zero-order chi connectivity index (χ0) is 9.80. The van der Waals surface area contributed by atoms with Crippen molar-refractivity contribution in [1.82, 2.24) is 5.16 Å². The first kappa shape index (κ1) is 9.71. The highest BCUT2D eigenvalue weighted by Gasteiger charge is 2.21. The molecule has 0 saturated heterocycles. The summed E-state index contributed by atoms with van der Waals surface area (Å²) < 4.78 is 5.35. The van der Waals surface area contributed by atoms with Gasteiger partial charge in [0.1, 0.15) is 5.76 Å². The molecule has 0 atom stereocenters. The molecule has 1 aromatic heterocycles. The van der Waals surface area contributed by atoms with E-state index in [0.29, 0.717) is 12.5 Å². The summed E-state index contributed by atoms with van der Waals surface area (Å²) in [6, 6.07) is 0. The monoisotopic (exact) mass is 194 g/mol. The van der Waals surface area contributed by atoms with E-state index in [9.17, 15) is 0 Å². The molecule has 1 saturated carbocycles. The molecule has 1 aliphatic carbocycles. The summed E-state index contributed by atoms with van der Waals surface area (Å²) in [5.41, 5.74) is 6.77. The van der Waals surface area contributed by atoms with E-state index in [1.54, 1.807) is 0 Å². The molecule has 0 spiro atoms. The highest BCUT2D eigenvalue weighted by atomic mass is 16.5. The third-order valence-corrected chi connectivity index (χ3v) is 3.07. The number of aromatic nitrogens is 1. The summed E-state index contributed by atoms with van der Waals surface area (Å²) in [5.74, 6) is 1.71. The maximum atomic E-state index is 5.55. The zero-order valence-electron chi connectivity index (χ0n) is 8.54. The second kappa shape index (κ2) is 4.60. The molecule has 2 rings (SSSR count). The number of hydrogen-bond acceptors (Lipinski definition) is 3. The van der Waals surface area contributed by atoms with Gasteiger partial charge in [0.2, 0.25) is 0 Å². The van der Waals surface area contributed by atoms with Gasteiger partial charge in [-0.15, -0.1) is 0 Å². The normalized spacial score (nSPS) is 18.6. The van der Waals surface area contributed by atoms with Crippen molar-refractivity contribution < 1.29 is 4.52 Å². The number of hydrogen-bond donors (Lipinski definition) is 1. The summed E-state index contributed by atoms with van der Waals surface area (Å²) in [6.07, 6.45) is 9.27. The van der Waals surface area contributed by atoms with Gasteiger partial charge >= 0.3 is 0 Å². The molecule has 1 aliphatic rings. The van der Waals surface area contributed by atoms with Crippen LogP contribution in [0.2, 0.25) is 0 Å². The fourth-order valence-electron chi connectivity index (χ4n) is 2.31. The second-order valence-electron chi connectivity index (χ2n) is 4.09. The first-order valence-corrected chi connectivity index (χ1v) is 5.55. The lowest BCUT2D eigenvalue weighted by Crippen LogP contribution is -2.08. The van der Waals surface area contributed by atoms with Gasteiger partial charge < -0.3 is 10.3 Å². The number of nitrogens with two attached hydrogens (primary N) is 1. The van der Waals surface area contributed by atoms with Gasteiger partial charge in [-0.2, -0.15) is 0 Å². The van der Waals surface area contributed by atoms with Crippen LogP contribution in [0.25, 0.3) is 0 Å². The molecule has 3 heteroatoms. The molecule has 0 unspecified atom stereocenters. The van der Waals surface area contributed by atoms with Crippen LogP contribution in [-0.4, -0.2) is 11.7 Å². The number of nitrogens with zero attached hydrogens (tertiary/aromatic N) is 1. The smallest absolute Gasteiger partial charge is 0.143 e. The van der Waals surface area contributed by atoms with E-state index in [4.69, 9.17) is 10.3 Å². The quantitative estimate of drug-likeness (QED) is 0.802. The summed E-state index contributed by atoms with van der Waals surface area (Å²) in [5, 5.41) is 3.89. The summed E-state index contributed by atoms with van der Waals surface area (Å²) >= 11 is 0. The van der Waals surface area contributed by atoms with Crippen molar-refractivity contribution in [3.8, 4) is 0 Å². The van der Waals surface area contributed by atoms with Crippen molar-refractivity contribution >= 4 is 0 Å². The minimum Gasteiger partial charge on any atom is -0.361 e. The van der Waals surface area contributed by atoms with Crippen LogP contribution in [0.3, 0.4) is 0 Å². The lowest BCUT2D eigenvalue weighted by molar-refractivity contribution is 0.319. The predicted octanol–water partition coefficient (Wildman–Crippen LogP) is 2.22. The Labute approximate surface area is 84.7 Å². The molecule has 14 heavy (non-hydrogen) atoms. The molecule has 1 fully saturated rings. The van der Waals surface area contributed by atoms with Crippen molar-refractivity contribution in [3.63, 3.8) is 0 Å². The van der Waals surface area contributed by atoms with Gasteiger partial charge in [0.05, 0.1) is 6.20 Å². The molecule has 0 aromatic carbocycles. The van der Waals surface area contributed by atoms with Gasteiger partial charge in [-0.1, -0.05) is 24.4 Å². The predicted molar refractivity (Wildman–Crippen MR) is 55.1 cm³/mol. The molecule has 78 valence electrons. The highest BCUT2D eigenvalue weighted by molar-refractivity contribution is 5.18. The first-order valence-electron chi connectivity index (χ1n) is 5.55. The first-order chi connectivity index (χ1) is 6.92. The minimum absolute atomic E-state index is 0.604. The summed E-state index contributed by atoms with van der Waals surface area (Å²) in [6.45, 7) is 0.681. The van der Waals surface area contributed by atoms with Crippen LogP contribution < -0.4 is 5.73 Å². The Balaban J connectivity index is 2.09. The van der Waals surface area contributed by atoms with Crippen LogP contribution in [0.1, 0.15) is 49.3 Å². The van der Waals surface area contributed by atoms with Crippen molar-refractivity contribution in [2.45, 2.75) is 44.4 Å². The maximum Gasteiger partial charge on any atom is 0.143 e. The van der Waals surface area contributed by atoms with Gasteiger partial charge in [-0.05, 0) is 25.8 Å². The topological polar surface area (TPSA) is 52.0 Å². The van der Waals surface area contributed by atoms with E-state index in [2.05, 4.69) is 5.16 Å². The van der Waals surface area contributed by atoms with Crippen LogP contribution >= 0.6 is 0 Å². The van der Waals surface area contributed by atoms with Gasteiger partial charge in [0.15, 0.2) is 0 Å². The van der Waals surface area contributed by atoms with E-state index >= 15 is 0 Å². The Morgan fingerprint density at radius 3 is 2.86 bits per heavy atom. The molecule has 2 N–H and O–H groups in total. The van der Waals surface area contributed by atoms with Crippen LogP contribution in [0.15, 0.2) is 10.7 Å². The standard InChI is InChI=1S/C11H18N2O/c12-7-6-10-8-13-14-11(10)9-4-2-1-3-5-9/h8-9H,1-7,12H2. The maximum absolute atomic E-state index is 5.55. The van der Waals surface area contributed by atoms with Crippen molar-refractivity contribution in [1.29, 1.82) is 0 Å². The number of rotatable bonds is 3. The molecule has 0 aliphatic heterocycles. The summed E-state index contributed by atoms with van der Waals surface area (Å²) in [4.78, 5) is 0. The van der Waals surface area contributed by atoms with E-state index < -0.39 is 0 Å². The van der Waals surface area contributed by atoms with Gasteiger partial charge in [0, 0.05) is 11.5 Å². The Bertz CT molecular complexity index is 277. The lowest BCUT2D eigenvalue weighted by atomic mass is 9.86. The molecule has 0 amide bonds. The SMILES string of the molecule is NCCc1cnoc1C1CCCCC1. The van der Waals surface area contributed by atoms with Crippen molar-refractivity contribution in [2.24, 2.45) is 5.73 Å². The van der Waals surface area contributed by atoms with Crippen LogP contribution in [0.4, 0.5) is 0 Å². The average molecular weight is 194 g/mol. The molecule has 1 heterocycles. The van der Waals surface area contributed by atoms with Gasteiger partial charge in [-0.25, -0.2) is 0 Å². The molecule has 1 aromatic rings. The van der Waals surface area contributed by atoms with E-state index in [0.717, 1.165) is 12.2 Å². The van der Waals surface area contributed by atoms with Crippen LogP contribution in [-0.2, 0) is 6.42 Å². The van der Waals surface area contributed by atoms with Gasteiger partial charge in [-0.3, -0.25) is 0 Å². The fraction of sp³-hybridized carbons (Fsp3) is 0.727. The third-order valence-electron chi connectivity index (χ3n) is 3.07. The molecule has 0 bridgehead atoms. The van der Waals surface area contributed by atoms with E-state index in [1.807, 2.05) is 6.20 Å². The lowest BCUT2D eigenvalue weighted by Gasteiger charge is -2.19. The van der Waals surface area contributed by atoms with Crippen molar-refractivity contribution in [2.75, 3.05) is 6.54 Å². The molecule has 3 nitrogen and oxygen atoms in total. The molecular weight excluding hydrogens is 176 g/mol. The largest absolute Gasteiger partial charge is 0.361 e. The average Bonchev–Trinajstić information content (AvgIpc) is 2.68. The van der Waals surface area contributed by atoms with Crippen molar-refractivity contribution in [3.05, 3.63) is 17.5 Å². The third kappa shape index (κ3) is 1.98. The minimum atomic E-state index is 0.604.